The molecule has 0 saturated heterocycles. The molecule has 0 saturated carbocycles. The summed E-state index contributed by atoms with van der Waals surface area (Å²) in [5, 5.41) is 3.35. The van der Waals surface area contributed by atoms with Gasteiger partial charge >= 0.3 is 0 Å². The first-order valence-corrected chi connectivity index (χ1v) is 6.14. The first kappa shape index (κ1) is 14.0. The molecule has 0 aliphatic carbocycles. The zero-order valence-corrected chi connectivity index (χ0v) is 10.4. The average Bonchev–Trinajstić information content (AvgIpc) is 2.31. The second-order valence-corrected chi connectivity index (χ2v) is 3.65. The van der Waals surface area contributed by atoms with E-state index in [1.54, 1.807) is 0 Å². The van der Waals surface area contributed by atoms with E-state index in [1.807, 2.05) is 18.2 Å². The minimum atomic E-state index is 1.08. The molecule has 1 nitrogen and oxygen atoms in total. The molecule has 0 radical (unpaired) electrons. The van der Waals surface area contributed by atoms with Gasteiger partial charge in [0, 0.05) is 12.2 Å². The van der Waals surface area contributed by atoms with E-state index in [0.29, 0.717) is 0 Å². The molecule has 0 aliphatic rings. The van der Waals surface area contributed by atoms with Gasteiger partial charge in [0.05, 0.1) is 0 Å². The van der Waals surface area contributed by atoms with E-state index in [1.165, 1.54) is 31.4 Å². The second-order valence-electron chi connectivity index (χ2n) is 3.65. The Hall–Kier alpha value is -0.980. The Balaban J connectivity index is 0.000000423. The van der Waals surface area contributed by atoms with Gasteiger partial charge in [-0.1, -0.05) is 58.2 Å². The highest BCUT2D eigenvalue weighted by Gasteiger charge is 1.86. The Labute approximate surface area is 94.9 Å². The van der Waals surface area contributed by atoms with Gasteiger partial charge in [0.25, 0.3) is 0 Å². The summed E-state index contributed by atoms with van der Waals surface area (Å²) in [6.07, 6.45) is 5.13. The predicted octanol–water partition coefficient (Wildman–Crippen LogP) is 4.71. The standard InChI is InChI=1S/C10H15N.C4H10/c1-2-3-9-11-10-7-5-4-6-8-10;1-3-4-2/h4-8,11H,2-3,9H2,1H3;3-4H2,1-2H3. The smallest absolute Gasteiger partial charge is 0.0340 e. The zero-order valence-electron chi connectivity index (χ0n) is 10.4. The highest BCUT2D eigenvalue weighted by molar-refractivity contribution is 5.42. The minimum absolute atomic E-state index is 1.08. The first-order chi connectivity index (χ1) is 7.35. The van der Waals surface area contributed by atoms with Gasteiger partial charge in [0.2, 0.25) is 0 Å². The molecule has 1 rings (SSSR count). The summed E-state index contributed by atoms with van der Waals surface area (Å²) in [6.45, 7) is 7.65. The van der Waals surface area contributed by atoms with Crippen molar-refractivity contribution in [3.05, 3.63) is 30.3 Å². The Morgan fingerprint density at radius 3 is 1.93 bits per heavy atom. The molecule has 0 atom stereocenters. The van der Waals surface area contributed by atoms with Crippen LogP contribution >= 0.6 is 0 Å². The maximum absolute atomic E-state index is 3.35. The van der Waals surface area contributed by atoms with Gasteiger partial charge < -0.3 is 5.32 Å². The van der Waals surface area contributed by atoms with Crippen LogP contribution in [-0.4, -0.2) is 6.54 Å². The Kier molecular flexibility index (Phi) is 10.4. The van der Waals surface area contributed by atoms with Crippen molar-refractivity contribution < 1.29 is 0 Å². The number of para-hydroxylation sites is 1. The van der Waals surface area contributed by atoms with E-state index in [9.17, 15) is 0 Å². The summed E-state index contributed by atoms with van der Waals surface area (Å²) >= 11 is 0. The van der Waals surface area contributed by atoms with Gasteiger partial charge in [0.15, 0.2) is 0 Å². The summed E-state index contributed by atoms with van der Waals surface area (Å²) in [4.78, 5) is 0. The number of anilines is 1. The molecule has 0 spiro atoms. The normalized spacial score (nSPS) is 9.00. The zero-order chi connectivity index (χ0) is 11.4. The number of hydrogen-bond donors (Lipinski definition) is 1. The fourth-order valence-electron chi connectivity index (χ4n) is 0.966. The average molecular weight is 207 g/mol. The van der Waals surface area contributed by atoms with E-state index in [0.717, 1.165) is 6.54 Å². The van der Waals surface area contributed by atoms with Gasteiger partial charge in [-0.2, -0.15) is 0 Å². The summed E-state index contributed by atoms with van der Waals surface area (Å²) in [7, 11) is 0. The van der Waals surface area contributed by atoms with Crippen molar-refractivity contribution in [1.82, 2.24) is 0 Å². The van der Waals surface area contributed by atoms with Crippen molar-refractivity contribution in [3.63, 3.8) is 0 Å². The molecule has 0 heterocycles. The fourth-order valence-corrected chi connectivity index (χ4v) is 0.966. The highest BCUT2D eigenvalue weighted by atomic mass is 14.9. The van der Waals surface area contributed by atoms with Crippen LogP contribution in [0.25, 0.3) is 0 Å². The molecule has 0 unspecified atom stereocenters. The summed E-state index contributed by atoms with van der Waals surface area (Å²) in [5.41, 5.74) is 1.22. The molecule has 0 fully saturated rings. The largest absolute Gasteiger partial charge is 0.385 e. The molecule has 15 heavy (non-hydrogen) atoms. The van der Waals surface area contributed by atoms with Crippen LogP contribution in [-0.2, 0) is 0 Å². The van der Waals surface area contributed by atoms with Crippen LogP contribution in [0.2, 0.25) is 0 Å². The Bertz CT molecular complexity index is 204. The lowest BCUT2D eigenvalue weighted by molar-refractivity contribution is 0.834. The van der Waals surface area contributed by atoms with Crippen LogP contribution in [0.1, 0.15) is 46.5 Å². The van der Waals surface area contributed by atoms with Gasteiger partial charge in [0.1, 0.15) is 0 Å². The number of hydrogen-bond acceptors (Lipinski definition) is 1. The lowest BCUT2D eigenvalue weighted by Crippen LogP contribution is -1.99. The molecule has 0 aliphatic heterocycles. The Morgan fingerprint density at radius 2 is 1.47 bits per heavy atom. The molecule has 1 N–H and O–H groups in total. The highest BCUT2D eigenvalue weighted by Crippen LogP contribution is 2.04. The van der Waals surface area contributed by atoms with Crippen LogP contribution in [0, 0.1) is 0 Å². The molecule has 0 bridgehead atoms. The van der Waals surface area contributed by atoms with Gasteiger partial charge in [-0.25, -0.2) is 0 Å². The van der Waals surface area contributed by atoms with Crippen molar-refractivity contribution in [2.45, 2.75) is 46.5 Å². The molecule has 0 aromatic heterocycles. The Morgan fingerprint density at radius 1 is 0.867 bits per heavy atom. The first-order valence-electron chi connectivity index (χ1n) is 6.14. The van der Waals surface area contributed by atoms with E-state index in [-0.39, 0.29) is 0 Å². The SMILES string of the molecule is CCCC.CCCCNc1ccccc1. The van der Waals surface area contributed by atoms with Gasteiger partial charge in [-0.05, 0) is 18.6 Å². The number of unbranched alkanes of at least 4 members (excludes halogenated alkanes) is 2. The van der Waals surface area contributed by atoms with Crippen LogP contribution in [0.15, 0.2) is 30.3 Å². The molecule has 1 heteroatoms. The minimum Gasteiger partial charge on any atom is -0.385 e. The third kappa shape index (κ3) is 9.33. The molecule has 1 aromatic rings. The molecule has 1 aromatic carbocycles. The van der Waals surface area contributed by atoms with Gasteiger partial charge in [-0.3, -0.25) is 0 Å². The lowest BCUT2D eigenvalue weighted by Gasteiger charge is -2.03. The van der Waals surface area contributed by atoms with E-state index >= 15 is 0 Å². The fraction of sp³-hybridized carbons (Fsp3) is 0.571. The van der Waals surface area contributed by atoms with Crippen LogP contribution in [0.3, 0.4) is 0 Å². The van der Waals surface area contributed by atoms with Crippen LogP contribution in [0.5, 0.6) is 0 Å². The quantitative estimate of drug-likeness (QED) is 0.690. The monoisotopic (exact) mass is 207 g/mol. The predicted molar refractivity (Wildman–Crippen MR) is 70.4 cm³/mol. The van der Waals surface area contributed by atoms with Crippen LogP contribution in [0.4, 0.5) is 5.69 Å². The van der Waals surface area contributed by atoms with E-state index in [2.05, 4.69) is 38.2 Å². The van der Waals surface area contributed by atoms with E-state index in [4.69, 9.17) is 0 Å². The summed E-state index contributed by atoms with van der Waals surface area (Å²) in [6, 6.07) is 10.3. The maximum Gasteiger partial charge on any atom is 0.0340 e. The molecule has 0 amide bonds. The molecule has 86 valence electrons. The third-order valence-electron chi connectivity index (χ3n) is 2.13. The lowest BCUT2D eigenvalue weighted by atomic mass is 10.3. The van der Waals surface area contributed by atoms with Crippen molar-refractivity contribution in [1.29, 1.82) is 0 Å². The third-order valence-corrected chi connectivity index (χ3v) is 2.13. The van der Waals surface area contributed by atoms with Crippen molar-refractivity contribution in [2.24, 2.45) is 0 Å². The van der Waals surface area contributed by atoms with E-state index < -0.39 is 0 Å². The number of rotatable bonds is 5. The maximum atomic E-state index is 3.35. The van der Waals surface area contributed by atoms with Crippen molar-refractivity contribution in [3.8, 4) is 0 Å². The number of benzene rings is 1. The topological polar surface area (TPSA) is 12.0 Å². The molecular weight excluding hydrogens is 182 g/mol. The summed E-state index contributed by atoms with van der Waals surface area (Å²) in [5.74, 6) is 0. The van der Waals surface area contributed by atoms with Crippen LogP contribution < -0.4 is 5.32 Å². The second kappa shape index (κ2) is 11.1. The molecular formula is C14H25N. The number of nitrogens with one attached hydrogen (secondary N) is 1. The summed E-state index contributed by atoms with van der Waals surface area (Å²) < 4.78 is 0. The van der Waals surface area contributed by atoms with Gasteiger partial charge in [-0.15, -0.1) is 0 Å². The van der Waals surface area contributed by atoms with Crippen molar-refractivity contribution >= 4 is 5.69 Å². The van der Waals surface area contributed by atoms with Crippen molar-refractivity contribution in [2.75, 3.05) is 11.9 Å².